The molecule has 0 aromatic rings. The molecule has 0 aliphatic carbocycles. The third-order valence-corrected chi connectivity index (χ3v) is 3.76. The van der Waals surface area contributed by atoms with E-state index in [4.69, 9.17) is 9.47 Å². The van der Waals surface area contributed by atoms with Crippen molar-refractivity contribution in [1.82, 2.24) is 5.32 Å². The summed E-state index contributed by atoms with van der Waals surface area (Å²) >= 11 is 0. The molecule has 1 saturated heterocycles. The lowest BCUT2D eigenvalue weighted by Crippen LogP contribution is -2.45. The standard InChI is InChI=1S/C14H29NO2/c1-4-5-6-7-8-13(2)15-11-14(16-3)9-10-17-12-14/h13,15H,4-12H2,1-3H3. The van der Waals surface area contributed by atoms with E-state index in [0.29, 0.717) is 6.04 Å². The van der Waals surface area contributed by atoms with Gasteiger partial charge in [-0.15, -0.1) is 0 Å². The number of methoxy groups -OCH3 is 1. The number of rotatable bonds is 9. The number of hydrogen-bond donors (Lipinski definition) is 1. The van der Waals surface area contributed by atoms with Crippen LogP contribution in [0.3, 0.4) is 0 Å². The lowest BCUT2D eigenvalue weighted by atomic mass is 10.0. The molecule has 0 bridgehead atoms. The van der Waals surface area contributed by atoms with Crippen LogP contribution in [-0.4, -0.2) is 38.5 Å². The zero-order chi connectivity index (χ0) is 12.6. The van der Waals surface area contributed by atoms with Crippen LogP contribution >= 0.6 is 0 Å². The summed E-state index contributed by atoms with van der Waals surface area (Å²) < 4.78 is 11.0. The predicted octanol–water partition coefficient (Wildman–Crippen LogP) is 2.74. The zero-order valence-corrected chi connectivity index (χ0v) is 11.8. The Bertz CT molecular complexity index is 191. The van der Waals surface area contributed by atoms with Crippen molar-refractivity contribution >= 4 is 0 Å². The Morgan fingerprint density at radius 3 is 2.76 bits per heavy atom. The molecule has 1 aliphatic heterocycles. The molecule has 2 unspecified atom stereocenters. The molecule has 0 saturated carbocycles. The van der Waals surface area contributed by atoms with E-state index in [0.717, 1.165) is 26.2 Å². The molecule has 1 aliphatic rings. The number of nitrogens with one attached hydrogen (secondary N) is 1. The van der Waals surface area contributed by atoms with Crippen LogP contribution in [0.2, 0.25) is 0 Å². The maximum absolute atomic E-state index is 5.60. The SMILES string of the molecule is CCCCCCC(C)NCC1(OC)CCOC1. The van der Waals surface area contributed by atoms with Crippen LogP contribution in [0, 0.1) is 0 Å². The fourth-order valence-corrected chi connectivity index (χ4v) is 2.30. The highest BCUT2D eigenvalue weighted by molar-refractivity contribution is 4.87. The van der Waals surface area contributed by atoms with Crippen molar-refractivity contribution in [3.05, 3.63) is 0 Å². The molecular formula is C14H29NO2. The summed E-state index contributed by atoms with van der Waals surface area (Å²) in [4.78, 5) is 0. The van der Waals surface area contributed by atoms with Crippen LogP contribution in [0.4, 0.5) is 0 Å². The van der Waals surface area contributed by atoms with E-state index in [2.05, 4.69) is 19.2 Å². The van der Waals surface area contributed by atoms with E-state index < -0.39 is 0 Å². The third kappa shape index (κ3) is 5.36. The summed E-state index contributed by atoms with van der Waals surface area (Å²) in [6.45, 7) is 7.01. The van der Waals surface area contributed by atoms with Crippen molar-refractivity contribution in [3.63, 3.8) is 0 Å². The van der Waals surface area contributed by atoms with Crippen molar-refractivity contribution in [2.45, 2.75) is 64.0 Å². The molecule has 0 aromatic heterocycles. The first-order chi connectivity index (χ1) is 8.22. The number of ether oxygens (including phenoxy) is 2. The van der Waals surface area contributed by atoms with E-state index in [1.165, 1.54) is 32.1 Å². The van der Waals surface area contributed by atoms with Gasteiger partial charge >= 0.3 is 0 Å². The Labute approximate surface area is 106 Å². The molecule has 1 fully saturated rings. The summed E-state index contributed by atoms with van der Waals surface area (Å²) in [6, 6.07) is 0.583. The normalized spacial score (nSPS) is 26.3. The van der Waals surface area contributed by atoms with Crippen LogP contribution < -0.4 is 5.32 Å². The van der Waals surface area contributed by atoms with E-state index in [1.807, 2.05) is 0 Å². The molecular weight excluding hydrogens is 214 g/mol. The topological polar surface area (TPSA) is 30.5 Å². The summed E-state index contributed by atoms with van der Waals surface area (Å²) in [5, 5.41) is 3.59. The second-order valence-electron chi connectivity index (χ2n) is 5.32. The second-order valence-corrected chi connectivity index (χ2v) is 5.32. The van der Waals surface area contributed by atoms with E-state index in [1.54, 1.807) is 7.11 Å². The third-order valence-electron chi connectivity index (χ3n) is 3.76. The van der Waals surface area contributed by atoms with Gasteiger partial charge in [-0.05, 0) is 13.3 Å². The van der Waals surface area contributed by atoms with Gasteiger partial charge in [0.05, 0.1) is 6.61 Å². The molecule has 17 heavy (non-hydrogen) atoms. The van der Waals surface area contributed by atoms with Crippen molar-refractivity contribution < 1.29 is 9.47 Å². The van der Waals surface area contributed by atoms with E-state index >= 15 is 0 Å². The van der Waals surface area contributed by atoms with Gasteiger partial charge in [0.25, 0.3) is 0 Å². The van der Waals surface area contributed by atoms with E-state index in [-0.39, 0.29) is 5.60 Å². The fourth-order valence-electron chi connectivity index (χ4n) is 2.30. The number of unbranched alkanes of at least 4 members (excludes halogenated alkanes) is 3. The quantitative estimate of drug-likeness (QED) is 0.632. The molecule has 1 N–H and O–H groups in total. The Hall–Kier alpha value is -0.120. The highest BCUT2D eigenvalue weighted by Crippen LogP contribution is 2.21. The zero-order valence-electron chi connectivity index (χ0n) is 11.8. The van der Waals surface area contributed by atoms with Gasteiger partial charge in [-0.3, -0.25) is 0 Å². The van der Waals surface area contributed by atoms with Gasteiger partial charge in [-0.25, -0.2) is 0 Å². The highest BCUT2D eigenvalue weighted by Gasteiger charge is 2.34. The van der Waals surface area contributed by atoms with Crippen molar-refractivity contribution in [1.29, 1.82) is 0 Å². The molecule has 3 heteroatoms. The molecule has 102 valence electrons. The first-order valence-electron chi connectivity index (χ1n) is 7.09. The van der Waals surface area contributed by atoms with Crippen molar-refractivity contribution in [3.8, 4) is 0 Å². The lowest BCUT2D eigenvalue weighted by molar-refractivity contribution is -0.0173. The summed E-state index contributed by atoms with van der Waals surface area (Å²) in [5.41, 5.74) is -0.0717. The van der Waals surface area contributed by atoms with Gasteiger partial charge in [-0.2, -0.15) is 0 Å². The highest BCUT2D eigenvalue weighted by atomic mass is 16.5. The van der Waals surface area contributed by atoms with Gasteiger partial charge in [0.1, 0.15) is 5.60 Å². The fraction of sp³-hybridized carbons (Fsp3) is 1.00. The predicted molar refractivity (Wildman–Crippen MR) is 71.4 cm³/mol. The maximum atomic E-state index is 5.60. The molecule has 0 aromatic carbocycles. The Balaban J connectivity index is 2.11. The smallest absolute Gasteiger partial charge is 0.106 e. The summed E-state index contributed by atoms with van der Waals surface area (Å²) in [6.07, 6.45) is 7.65. The van der Waals surface area contributed by atoms with Gasteiger partial charge < -0.3 is 14.8 Å². The number of hydrogen-bond acceptors (Lipinski definition) is 3. The molecule has 3 nitrogen and oxygen atoms in total. The minimum Gasteiger partial charge on any atom is -0.378 e. The first-order valence-corrected chi connectivity index (χ1v) is 7.09. The Kier molecular flexibility index (Phi) is 7.09. The average molecular weight is 243 g/mol. The molecule has 0 amide bonds. The molecule has 0 radical (unpaired) electrons. The van der Waals surface area contributed by atoms with Gasteiger partial charge in [0, 0.05) is 32.7 Å². The average Bonchev–Trinajstić information content (AvgIpc) is 2.82. The van der Waals surface area contributed by atoms with Crippen LogP contribution in [0.15, 0.2) is 0 Å². The lowest BCUT2D eigenvalue weighted by Gasteiger charge is -2.28. The first kappa shape index (κ1) is 14.9. The second kappa shape index (κ2) is 8.06. The minimum atomic E-state index is -0.0717. The summed E-state index contributed by atoms with van der Waals surface area (Å²) in [5.74, 6) is 0. The van der Waals surface area contributed by atoms with Crippen LogP contribution in [0.5, 0.6) is 0 Å². The van der Waals surface area contributed by atoms with E-state index in [9.17, 15) is 0 Å². The largest absolute Gasteiger partial charge is 0.378 e. The molecule has 0 spiro atoms. The monoisotopic (exact) mass is 243 g/mol. The van der Waals surface area contributed by atoms with Gasteiger partial charge in [-0.1, -0.05) is 32.6 Å². The maximum Gasteiger partial charge on any atom is 0.106 e. The van der Waals surface area contributed by atoms with Crippen LogP contribution in [0.25, 0.3) is 0 Å². The molecule has 1 heterocycles. The Morgan fingerprint density at radius 2 is 2.18 bits per heavy atom. The minimum absolute atomic E-state index is 0.0717. The van der Waals surface area contributed by atoms with Gasteiger partial charge in [0.2, 0.25) is 0 Å². The summed E-state index contributed by atoms with van der Waals surface area (Å²) in [7, 11) is 1.79. The van der Waals surface area contributed by atoms with Gasteiger partial charge in [0.15, 0.2) is 0 Å². The Morgan fingerprint density at radius 1 is 1.35 bits per heavy atom. The van der Waals surface area contributed by atoms with Crippen molar-refractivity contribution in [2.24, 2.45) is 0 Å². The molecule has 2 atom stereocenters. The molecule has 1 rings (SSSR count). The van der Waals surface area contributed by atoms with Crippen LogP contribution in [-0.2, 0) is 9.47 Å². The van der Waals surface area contributed by atoms with Crippen molar-refractivity contribution in [2.75, 3.05) is 26.9 Å². The van der Waals surface area contributed by atoms with Crippen LogP contribution in [0.1, 0.15) is 52.4 Å².